The summed E-state index contributed by atoms with van der Waals surface area (Å²) in [4.78, 5) is 10.1. The molecule has 6 heteroatoms. The van der Waals surface area contributed by atoms with Crippen molar-refractivity contribution in [1.29, 1.82) is 0 Å². The highest BCUT2D eigenvalue weighted by molar-refractivity contribution is 5.20. The maximum absolute atomic E-state index is 10.5. The highest BCUT2D eigenvalue weighted by atomic mass is 16.6. The Kier molecular flexibility index (Phi) is 3.65. The molecule has 0 unspecified atom stereocenters. The van der Waals surface area contributed by atoms with Gasteiger partial charge in [-0.25, -0.2) is 0 Å². The highest BCUT2D eigenvalue weighted by Gasteiger charge is 2.33. The summed E-state index contributed by atoms with van der Waals surface area (Å²) in [5, 5.41) is 18.0. The summed E-state index contributed by atoms with van der Waals surface area (Å²) in [6.07, 6.45) is 6.52. The van der Waals surface area contributed by atoms with Crippen molar-refractivity contribution in [2.45, 2.75) is 45.7 Å². The third kappa shape index (κ3) is 2.87. The first-order valence-electron chi connectivity index (χ1n) is 6.39. The number of nitro groups is 1. The summed E-state index contributed by atoms with van der Waals surface area (Å²) >= 11 is 0. The molecule has 0 amide bonds. The number of hydrogen-bond acceptors (Lipinski definition) is 4. The van der Waals surface area contributed by atoms with Gasteiger partial charge in [-0.15, -0.1) is 0 Å². The standard InChI is InChI=1S/C12H20N4O2/c1-12(2)5-3-4-11(12)13-6-7-15-9-10(8-14-15)16(17)18/h8-9,11,13H,3-7H2,1-2H3/t11-/m0/s1. The molecular weight excluding hydrogens is 232 g/mol. The van der Waals surface area contributed by atoms with Gasteiger partial charge in [-0.05, 0) is 18.3 Å². The molecule has 1 N–H and O–H groups in total. The van der Waals surface area contributed by atoms with Crippen LogP contribution < -0.4 is 5.32 Å². The maximum atomic E-state index is 10.5. The fraction of sp³-hybridized carbons (Fsp3) is 0.750. The van der Waals surface area contributed by atoms with Crippen LogP contribution in [0.1, 0.15) is 33.1 Å². The quantitative estimate of drug-likeness (QED) is 0.642. The first-order chi connectivity index (χ1) is 8.49. The number of nitrogens with zero attached hydrogens (tertiary/aromatic N) is 3. The van der Waals surface area contributed by atoms with Crippen molar-refractivity contribution in [2.75, 3.05) is 6.54 Å². The Morgan fingerprint density at radius 3 is 3.00 bits per heavy atom. The number of hydrogen-bond donors (Lipinski definition) is 1. The van der Waals surface area contributed by atoms with Crippen molar-refractivity contribution < 1.29 is 4.92 Å². The third-order valence-corrected chi connectivity index (χ3v) is 3.82. The number of rotatable bonds is 5. The predicted octanol–water partition coefficient (Wildman–Crippen LogP) is 1.96. The largest absolute Gasteiger partial charge is 0.312 e. The average Bonchev–Trinajstić information content (AvgIpc) is 2.86. The van der Waals surface area contributed by atoms with E-state index in [0.717, 1.165) is 6.54 Å². The van der Waals surface area contributed by atoms with E-state index in [1.165, 1.54) is 31.7 Å². The van der Waals surface area contributed by atoms with Crippen LogP contribution in [0.25, 0.3) is 0 Å². The summed E-state index contributed by atoms with van der Waals surface area (Å²) < 4.78 is 1.62. The van der Waals surface area contributed by atoms with Crippen molar-refractivity contribution >= 4 is 5.69 Å². The van der Waals surface area contributed by atoms with Gasteiger partial charge in [-0.3, -0.25) is 14.8 Å². The minimum absolute atomic E-state index is 0.0520. The van der Waals surface area contributed by atoms with Gasteiger partial charge in [-0.2, -0.15) is 5.10 Å². The van der Waals surface area contributed by atoms with Crippen molar-refractivity contribution in [2.24, 2.45) is 5.41 Å². The van der Waals surface area contributed by atoms with E-state index in [1.807, 2.05) is 0 Å². The predicted molar refractivity (Wildman–Crippen MR) is 68.3 cm³/mol. The van der Waals surface area contributed by atoms with E-state index < -0.39 is 4.92 Å². The fourth-order valence-electron chi connectivity index (χ4n) is 2.63. The molecule has 1 aromatic heterocycles. The van der Waals surface area contributed by atoms with Gasteiger partial charge in [0.1, 0.15) is 12.4 Å². The summed E-state index contributed by atoms with van der Waals surface area (Å²) in [5.74, 6) is 0. The van der Waals surface area contributed by atoms with Gasteiger partial charge in [-0.1, -0.05) is 20.3 Å². The number of nitrogens with one attached hydrogen (secondary N) is 1. The molecule has 1 aromatic rings. The lowest BCUT2D eigenvalue weighted by molar-refractivity contribution is -0.385. The van der Waals surface area contributed by atoms with Gasteiger partial charge in [0.2, 0.25) is 0 Å². The molecule has 100 valence electrons. The van der Waals surface area contributed by atoms with Gasteiger partial charge >= 0.3 is 5.69 Å². The summed E-state index contributed by atoms with van der Waals surface area (Å²) in [5.41, 5.74) is 0.409. The highest BCUT2D eigenvalue weighted by Crippen LogP contribution is 2.36. The lowest BCUT2D eigenvalue weighted by Crippen LogP contribution is -2.39. The molecule has 1 aliphatic carbocycles. The van der Waals surface area contributed by atoms with Gasteiger partial charge in [0.25, 0.3) is 0 Å². The second-order valence-corrected chi connectivity index (χ2v) is 5.61. The lowest BCUT2D eigenvalue weighted by atomic mass is 9.87. The maximum Gasteiger partial charge on any atom is 0.306 e. The molecule has 2 rings (SSSR count). The zero-order valence-electron chi connectivity index (χ0n) is 10.9. The van der Waals surface area contributed by atoms with E-state index in [9.17, 15) is 10.1 Å². The van der Waals surface area contributed by atoms with Crippen LogP contribution in [0.3, 0.4) is 0 Å². The van der Waals surface area contributed by atoms with Crippen LogP contribution in [0.5, 0.6) is 0 Å². The molecule has 0 bridgehead atoms. The monoisotopic (exact) mass is 252 g/mol. The Morgan fingerprint density at radius 1 is 1.67 bits per heavy atom. The zero-order valence-corrected chi connectivity index (χ0v) is 10.9. The van der Waals surface area contributed by atoms with Crippen LogP contribution in [-0.4, -0.2) is 27.3 Å². The molecule has 6 nitrogen and oxygen atoms in total. The molecule has 0 aromatic carbocycles. The number of aromatic nitrogens is 2. The fourth-order valence-corrected chi connectivity index (χ4v) is 2.63. The van der Waals surface area contributed by atoms with Gasteiger partial charge in [0.05, 0.1) is 11.5 Å². The molecule has 0 spiro atoms. The molecule has 1 aliphatic rings. The molecule has 0 saturated heterocycles. The minimum atomic E-state index is -0.420. The summed E-state index contributed by atoms with van der Waals surface area (Å²) in [6.45, 7) is 6.04. The van der Waals surface area contributed by atoms with E-state index in [-0.39, 0.29) is 5.69 Å². The molecule has 0 radical (unpaired) electrons. The molecule has 1 heterocycles. The first kappa shape index (κ1) is 13.0. The van der Waals surface area contributed by atoms with E-state index in [0.29, 0.717) is 18.0 Å². The van der Waals surface area contributed by atoms with Crippen molar-refractivity contribution in [3.05, 3.63) is 22.5 Å². The van der Waals surface area contributed by atoms with E-state index in [1.54, 1.807) is 4.68 Å². The Labute approximate surface area is 107 Å². The molecule has 1 atom stereocenters. The smallest absolute Gasteiger partial charge is 0.306 e. The normalized spacial score (nSPS) is 22.2. The van der Waals surface area contributed by atoms with Crippen LogP contribution in [0.15, 0.2) is 12.4 Å². The molecule has 18 heavy (non-hydrogen) atoms. The second-order valence-electron chi connectivity index (χ2n) is 5.61. The molecule has 0 aliphatic heterocycles. The third-order valence-electron chi connectivity index (χ3n) is 3.82. The van der Waals surface area contributed by atoms with E-state index in [2.05, 4.69) is 24.3 Å². The van der Waals surface area contributed by atoms with E-state index in [4.69, 9.17) is 0 Å². The minimum Gasteiger partial charge on any atom is -0.312 e. The van der Waals surface area contributed by atoms with Crippen LogP contribution >= 0.6 is 0 Å². The van der Waals surface area contributed by atoms with Crippen LogP contribution in [0.2, 0.25) is 0 Å². The van der Waals surface area contributed by atoms with Gasteiger partial charge in [0, 0.05) is 12.6 Å². The van der Waals surface area contributed by atoms with Crippen LogP contribution in [0.4, 0.5) is 5.69 Å². The molecule has 1 fully saturated rings. The van der Waals surface area contributed by atoms with Crippen molar-refractivity contribution in [1.82, 2.24) is 15.1 Å². The SMILES string of the molecule is CC1(C)CCC[C@@H]1NCCn1cc([N+](=O)[O-])cn1. The Bertz CT molecular complexity index is 427. The molecule has 1 saturated carbocycles. The lowest BCUT2D eigenvalue weighted by Gasteiger charge is -2.27. The van der Waals surface area contributed by atoms with Crippen LogP contribution in [0, 0.1) is 15.5 Å². The average molecular weight is 252 g/mol. The second kappa shape index (κ2) is 5.06. The first-order valence-corrected chi connectivity index (χ1v) is 6.39. The Morgan fingerprint density at radius 2 is 2.44 bits per heavy atom. The Hall–Kier alpha value is -1.43. The van der Waals surface area contributed by atoms with Crippen molar-refractivity contribution in [3.63, 3.8) is 0 Å². The van der Waals surface area contributed by atoms with Crippen molar-refractivity contribution in [3.8, 4) is 0 Å². The summed E-state index contributed by atoms with van der Waals surface area (Å²) in [6, 6.07) is 0.544. The van der Waals surface area contributed by atoms with Gasteiger partial charge in [0.15, 0.2) is 0 Å². The zero-order chi connectivity index (χ0) is 13.2. The topological polar surface area (TPSA) is 73.0 Å². The Balaban J connectivity index is 1.79. The van der Waals surface area contributed by atoms with Gasteiger partial charge < -0.3 is 5.32 Å². The van der Waals surface area contributed by atoms with E-state index >= 15 is 0 Å². The summed E-state index contributed by atoms with van der Waals surface area (Å²) in [7, 11) is 0. The molecular formula is C12H20N4O2. The van der Waals surface area contributed by atoms with Crippen LogP contribution in [-0.2, 0) is 6.54 Å².